The summed E-state index contributed by atoms with van der Waals surface area (Å²) in [7, 11) is 0. The highest BCUT2D eigenvalue weighted by Crippen LogP contribution is 2.53. The molecule has 2 aromatic rings. The van der Waals surface area contributed by atoms with E-state index in [1.165, 1.54) is 25.1 Å². The predicted molar refractivity (Wildman–Crippen MR) is 163 cm³/mol. The van der Waals surface area contributed by atoms with Crippen molar-refractivity contribution in [1.29, 1.82) is 0 Å². The molecule has 0 bridgehead atoms. The van der Waals surface area contributed by atoms with Crippen LogP contribution >= 0.6 is 0 Å². The number of benzene rings is 2. The van der Waals surface area contributed by atoms with Gasteiger partial charge in [0.25, 0.3) is 0 Å². The Hall–Kier alpha value is -3.18. The van der Waals surface area contributed by atoms with E-state index in [4.69, 9.17) is 24.7 Å². The van der Waals surface area contributed by atoms with Gasteiger partial charge in [0.15, 0.2) is 18.4 Å². The number of hydrogen-bond donors (Lipinski definition) is 8. The molecule has 0 aromatic heterocycles. The van der Waals surface area contributed by atoms with Crippen molar-refractivity contribution in [2.75, 3.05) is 6.61 Å². The molecule has 3 aliphatic rings. The van der Waals surface area contributed by atoms with Crippen LogP contribution in [0.25, 0.3) is 0 Å². The van der Waals surface area contributed by atoms with E-state index in [9.17, 15) is 45.3 Å². The number of phenolic OH excluding ortho intramolecular Hbond substituents is 3. The molecule has 0 unspecified atom stereocenters. The molecule has 0 saturated carbocycles. The standard InChI is InChI=1S/C33H43NO13/c1-13(36)8-22(44-14(2)12-35)47-32-15(3)45-23(9-19(32)34)46-21-11-33(43,16(4)37)10-18-25(21)31(42)27-26(29(18)40)28(39)17-6-5-7-20(38)24(17)30(27)41/h5-7,13-16,19,21-23,32,35-38,40,42-43H,8-12,34H2,1-4H3/t13-,14+,15+,16-,19-,21-,22+,23+,32-,33+/m0/s1. The summed E-state index contributed by atoms with van der Waals surface area (Å²) < 4.78 is 24.2. The lowest BCUT2D eigenvalue weighted by Crippen LogP contribution is -2.55. The van der Waals surface area contributed by atoms with Gasteiger partial charge in [0, 0.05) is 48.4 Å². The van der Waals surface area contributed by atoms with Crippen LogP contribution in [0.2, 0.25) is 0 Å². The second-order valence-electron chi connectivity index (χ2n) is 12.9. The summed E-state index contributed by atoms with van der Waals surface area (Å²) in [4.78, 5) is 27.1. The second kappa shape index (κ2) is 13.4. The number of fused-ring (bicyclic) bond motifs is 3. The van der Waals surface area contributed by atoms with Gasteiger partial charge in [0.2, 0.25) is 5.78 Å². The minimum absolute atomic E-state index is 0.0429. The average Bonchev–Trinajstić information content (AvgIpc) is 2.98. The Bertz CT molecular complexity index is 1510. The zero-order valence-electron chi connectivity index (χ0n) is 26.6. The van der Waals surface area contributed by atoms with E-state index < -0.39 is 101 Å². The van der Waals surface area contributed by atoms with Gasteiger partial charge in [0.1, 0.15) is 23.4 Å². The van der Waals surface area contributed by atoms with Crippen molar-refractivity contribution >= 4 is 11.6 Å². The van der Waals surface area contributed by atoms with Gasteiger partial charge in [0.05, 0.1) is 59.4 Å². The maximum atomic E-state index is 13.6. The maximum Gasteiger partial charge on any atom is 0.202 e. The topological polar surface area (TPSA) is 239 Å². The quantitative estimate of drug-likeness (QED) is 0.112. The van der Waals surface area contributed by atoms with E-state index in [1.807, 2.05) is 0 Å². The third-order valence-electron chi connectivity index (χ3n) is 9.19. The number of nitrogens with two attached hydrogens (primary N) is 1. The Kier molecular flexibility index (Phi) is 10.0. The zero-order chi connectivity index (χ0) is 34.5. The van der Waals surface area contributed by atoms with Gasteiger partial charge in [-0.15, -0.1) is 0 Å². The predicted octanol–water partition coefficient (Wildman–Crippen LogP) is 1.04. The molecule has 0 radical (unpaired) electrons. The lowest BCUT2D eigenvalue weighted by molar-refractivity contribution is -0.286. The van der Waals surface area contributed by atoms with Crippen LogP contribution in [0.1, 0.15) is 96.0 Å². The smallest absolute Gasteiger partial charge is 0.202 e. The summed E-state index contributed by atoms with van der Waals surface area (Å²) in [6.45, 7) is 5.99. The van der Waals surface area contributed by atoms with Gasteiger partial charge < -0.3 is 60.4 Å². The third-order valence-corrected chi connectivity index (χ3v) is 9.19. The molecule has 5 rings (SSSR count). The Morgan fingerprint density at radius 3 is 2.34 bits per heavy atom. The maximum absolute atomic E-state index is 13.6. The molecule has 14 nitrogen and oxygen atoms in total. The molecule has 9 N–H and O–H groups in total. The first-order valence-electron chi connectivity index (χ1n) is 15.7. The van der Waals surface area contributed by atoms with Gasteiger partial charge >= 0.3 is 0 Å². The minimum Gasteiger partial charge on any atom is -0.507 e. The van der Waals surface area contributed by atoms with Crippen molar-refractivity contribution in [3.8, 4) is 17.2 Å². The van der Waals surface area contributed by atoms with Crippen LogP contribution in [0.3, 0.4) is 0 Å². The SMILES string of the molecule is C[C@H](O)C[C@@H](O[C@@H]1[C@@H](N)C[C@@H](O[C@H]2C[C@@](O)([C@H](C)O)Cc3c(O)c4c(c(O)c32)C(=O)c2c(O)cccc2C4=O)O[C@@H]1C)O[C@H](C)CO. The molecule has 258 valence electrons. The van der Waals surface area contributed by atoms with E-state index in [-0.39, 0.29) is 54.5 Å². The van der Waals surface area contributed by atoms with Crippen molar-refractivity contribution in [1.82, 2.24) is 0 Å². The monoisotopic (exact) mass is 661 g/mol. The normalized spacial score (nSPS) is 29.8. The van der Waals surface area contributed by atoms with Crippen LogP contribution in [0, 0.1) is 0 Å². The highest BCUT2D eigenvalue weighted by atomic mass is 16.7. The molecule has 14 heteroatoms. The first kappa shape index (κ1) is 35.1. The van der Waals surface area contributed by atoms with Crippen molar-refractivity contribution in [3.63, 3.8) is 0 Å². The summed E-state index contributed by atoms with van der Waals surface area (Å²) >= 11 is 0. The highest BCUT2D eigenvalue weighted by molar-refractivity contribution is 6.31. The summed E-state index contributed by atoms with van der Waals surface area (Å²) in [6, 6.07) is 3.22. The van der Waals surface area contributed by atoms with Crippen molar-refractivity contribution < 1.29 is 64.3 Å². The van der Waals surface area contributed by atoms with Gasteiger partial charge in [-0.05, 0) is 33.8 Å². The summed E-state index contributed by atoms with van der Waals surface area (Å²) in [5.74, 6) is -3.48. The van der Waals surface area contributed by atoms with Crippen molar-refractivity contribution in [2.45, 2.75) is 114 Å². The Morgan fingerprint density at radius 2 is 1.72 bits per heavy atom. The Balaban J connectivity index is 1.48. The van der Waals surface area contributed by atoms with Crippen molar-refractivity contribution in [3.05, 3.63) is 51.6 Å². The minimum atomic E-state index is -1.88. The van der Waals surface area contributed by atoms with Gasteiger partial charge in [-0.3, -0.25) is 9.59 Å². The zero-order valence-corrected chi connectivity index (χ0v) is 26.6. The molecule has 1 heterocycles. The van der Waals surface area contributed by atoms with Crippen LogP contribution in [0.4, 0.5) is 0 Å². The number of aromatic hydroxyl groups is 3. The highest BCUT2D eigenvalue weighted by Gasteiger charge is 2.49. The van der Waals surface area contributed by atoms with Crippen LogP contribution in [-0.2, 0) is 25.4 Å². The van der Waals surface area contributed by atoms with Crippen LogP contribution in [0.15, 0.2) is 18.2 Å². The number of hydrogen-bond acceptors (Lipinski definition) is 14. The van der Waals surface area contributed by atoms with E-state index in [0.29, 0.717) is 0 Å². The molecule has 1 fully saturated rings. The molecule has 0 spiro atoms. The summed E-state index contributed by atoms with van der Waals surface area (Å²) in [6.07, 6.45) is -7.85. The molecule has 1 saturated heterocycles. The molecule has 2 aliphatic carbocycles. The first-order valence-corrected chi connectivity index (χ1v) is 15.7. The molecular formula is C33H43NO13. The molecule has 47 heavy (non-hydrogen) atoms. The Labute approximate surface area is 271 Å². The molecular weight excluding hydrogens is 618 g/mol. The molecule has 1 aliphatic heterocycles. The average molecular weight is 662 g/mol. The van der Waals surface area contributed by atoms with Crippen LogP contribution in [-0.4, -0.2) is 109 Å². The number of phenols is 3. The summed E-state index contributed by atoms with van der Waals surface area (Å²) in [5, 5.41) is 74.9. The van der Waals surface area contributed by atoms with Crippen LogP contribution < -0.4 is 5.73 Å². The van der Waals surface area contributed by atoms with Gasteiger partial charge in [-0.1, -0.05) is 12.1 Å². The number of carbonyl (C=O) groups excluding carboxylic acids is 2. The fraction of sp³-hybridized carbons (Fsp3) is 0.576. The number of carbonyl (C=O) groups is 2. The number of aliphatic hydroxyl groups is 4. The van der Waals surface area contributed by atoms with E-state index in [2.05, 4.69) is 0 Å². The van der Waals surface area contributed by atoms with E-state index in [1.54, 1.807) is 20.8 Å². The van der Waals surface area contributed by atoms with Crippen molar-refractivity contribution in [2.24, 2.45) is 5.73 Å². The lowest BCUT2D eigenvalue weighted by atomic mass is 9.71. The number of rotatable bonds is 10. The molecule has 0 amide bonds. The van der Waals surface area contributed by atoms with Crippen LogP contribution in [0.5, 0.6) is 17.2 Å². The summed E-state index contributed by atoms with van der Waals surface area (Å²) in [5.41, 5.74) is 3.00. The largest absolute Gasteiger partial charge is 0.507 e. The number of ketones is 2. The second-order valence-corrected chi connectivity index (χ2v) is 12.9. The fourth-order valence-electron chi connectivity index (χ4n) is 6.68. The first-order chi connectivity index (χ1) is 22.1. The molecule has 10 atom stereocenters. The lowest BCUT2D eigenvalue weighted by Gasteiger charge is -2.44. The number of ether oxygens (including phenoxy) is 4. The van der Waals surface area contributed by atoms with E-state index in [0.717, 1.165) is 0 Å². The van der Waals surface area contributed by atoms with E-state index >= 15 is 0 Å². The fourth-order valence-corrected chi connectivity index (χ4v) is 6.68. The Morgan fingerprint density at radius 1 is 1.04 bits per heavy atom. The van der Waals surface area contributed by atoms with Gasteiger partial charge in [-0.25, -0.2) is 0 Å². The molecule has 2 aromatic carbocycles. The number of aliphatic hydroxyl groups excluding tert-OH is 3. The third kappa shape index (κ3) is 6.49. The van der Waals surface area contributed by atoms with Gasteiger partial charge in [-0.2, -0.15) is 0 Å².